The Bertz CT molecular complexity index is 1830. The lowest BCUT2D eigenvalue weighted by atomic mass is 9.92. The van der Waals surface area contributed by atoms with Crippen molar-refractivity contribution in [2.45, 2.75) is 37.8 Å². The van der Waals surface area contributed by atoms with E-state index in [-0.39, 0.29) is 29.3 Å². The van der Waals surface area contributed by atoms with Crippen LogP contribution in [0.1, 0.15) is 56.8 Å². The van der Waals surface area contributed by atoms with E-state index in [1.54, 1.807) is 67.0 Å². The molecule has 3 N–H and O–H groups in total. The van der Waals surface area contributed by atoms with E-state index in [1.807, 2.05) is 36.4 Å². The Morgan fingerprint density at radius 3 is 2.11 bits per heavy atom. The topological polar surface area (TPSA) is 127 Å². The van der Waals surface area contributed by atoms with Gasteiger partial charge in [-0.3, -0.25) is 14.6 Å². The quantitative estimate of drug-likeness (QED) is 0.165. The van der Waals surface area contributed by atoms with Crippen molar-refractivity contribution in [3.63, 3.8) is 0 Å². The zero-order valence-electron chi connectivity index (χ0n) is 24.3. The van der Waals surface area contributed by atoms with Crippen molar-refractivity contribution in [3.8, 4) is 17.2 Å². The fourth-order valence-electron chi connectivity index (χ4n) is 5.41. The lowest BCUT2D eigenvalue weighted by Crippen LogP contribution is -2.39. The first-order valence-electron chi connectivity index (χ1n) is 14.7. The van der Waals surface area contributed by atoms with Gasteiger partial charge < -0.3 is 25.2 Å². The van der Waals surface area contributed by atoms with Gasteiger partial charge >= 0.3 is 5.97 Å². The van der Waals surface area contributed by atoms with Crippen molar-refractivity contribution < 1.29 is 29.0 Å². The molecule has 0 saturated heterocycles. The number of amides is 2. The zero-order valence-corrected chi connectivity index (χ0v) is 24.3. The molecular formula is C36H31N3O6. The number of para-hydroxylation sites is 1. The van der Waals surface area contributed by atoms with E-state index < -0.39 is 11.9 Å². The predicted molar refractivity (Wildman–Crippen MR) is 170 cm³/mol. The number of anilines is 1. The van der Waals surface area contributed by atoms with E-state index in [2.05, 4.69) is 15.6 Å². The molecule has 9 nitrogen and oxygen atoms in total. The number of ether oxygens (including phenoxy) is 2. The smallest absolute Gasteiger partial charge is 0.337 e. The summed E-state index contributed by atoms with van der Waals surface area (Å²) in [6.07, 6.45) is 6.75. The molecule has 0 radical (unpaired) electrons. The van der Waals surface area contributed by atoms with Crippen molar-refractivity contribution in [3.05, 3.63) is 126 Å². The second-order valence-electron chi connectivity index (χ2n) is 10.9. The highest BCUT2D eigenvalue weighted by Crippen LogP contribution is 2.30. The number of carbonyl (C=O) groups excluding carboxylic acids is 2. The minimum absolute atomic E-state index is 0.0210. The van der Waals surface area contributed by atoms with Gasteiger partial charge in [-0.2, -0.15) is 0 Å². The molecule has 1 fully saturated rings. The number of fused-ring (bicyclic) bond motifs is 1. The Labute approximate surface area is 259 Å². The average molecular weight is 602 g/mol. The summed E-state index contributed by atoms with van der Waals surface area (Å²) < 4.78 is 12.3. The lowest BCUT2D eigenvalue weighted by molar-refractivity contribution is 0.0697. The largest absolute Gasteiger partial charge is 0.490 e. The minimum Gasteiger partial charge on any atom is -0.490 e. The number of hydrogen-bond acceptors (Lipinski definition) is 6. The van der Waals surface area contributed by atoms with Gasteiger partial charge in [-0.1, -0.05) is 24.3 Å². The predicted octanol–water partition coefficient (Wildman–Crippen LogP) is 7.10. The average Bonchev–Trinajstić information content (AvgIpc) is 3.06. The Hall–Kier alpha value is -5.70. The molecule has 5 aromatic rings. The number of aromatic carboxylic acids is 1. The first-order chi connectivity index (χ1) is 21.9. The van der Waals surface area contributed by atoms with Gasteiger partial charge in [0.05, 0.1) is 22.9 Å². The van der Waals surface area contributed by atoms with Crippen LogP contribution < -0.4 is 20.1 Å². The molecule has 0 atom stereocenters. The summed E-state index contributed by atoms with van der Waals surface area (Å²) in [6.45, 7) is 0. The third-order valence-electron chi connectivity index (χ3n) is 7.78. The van der Waals surface area contributed by atoms with Crippen LogP contribution in [0.2, 0.25) is 0 Å². The molecule has 6 rings (SSSR count). The summed E-state index contributed by atoms with van der Waals surface area (Å²) in [5, 5.41) is 17.1. The maximum Gasteiger partial charge on any atom is 0.337 e. The third-order valence-corrected chi connectivity index (χ3v) is 7.78. The summed E-state index contributed by atoms with van der Waals surface area (Å²) in [5.74, 6) is 0.390. The number of hydrogen-bond donors (Lipinski definition) is 3. The Morgan fingerprint density at radius 1 is 0.711 bits per heavy atom. The summed E-state index contributed by atoms with van der Waals surface area (Å²) in [6, 6.07) is 28.3. The van der Waals surface area contributed by atoms with Crippen molar-refractivity contribution >= 4 is 34.2 Å². The van der Waals surface area contributed by atoms with Crippen LogP contribution in [0.5, 0.6) is 17.2 Å². The van der Waals surface area contributed by atoms with Crippen LogP contribution >= 0.6 is 0 Å². The van der Waals surface area contributed by atoms with Crippen LogP contribution in [0, 0.1) is 0 Å². The normalized spacial score (nSPS) is 16.0. The zero-order chi connectivity index (χ0) is 31.2. The number of pyridine rings is 1. The van der Waals surface area contributed by atoms with Crippen molar-refractivity contribution in [2.24, 2.45) is 0 Å². The Kier molecular flexibility index (Phi) is 8.68. The maximum atomic E-state index is 12.7. The molecule has 0 bridgehead atoms. The SMILES string of the molecule is O=C(Nc1ccccc1C(=O)O)c1ccc(Oc2ccc3cc(OC4CCC(NC(=O)c5cccnc5)CC4)ccc3c2)cc1. The second-order valence-corrected chi connectivity index (χ2v) is 10.9. The molecule has 1 aliphatic carbocycles. The van der Waals surface area contributed by atoms with Crippen LogP contribution in [-0.2, 0) is 0 Å². The number of benzene rings is 4. The summed E-state index contributed by atoms with van der Waals surface area (Å²) in [4.78, 5) is 40.6. The highest BCUT2D eigenvalue weighted by Gasteiger charge is 2.24. The molecule has 45 heavy (non-hydrogen) atoms. The van der Waals surface area contributed by atoms with E-state index >= 15 is 0 Å². The third kappa shape index (κ3) is 7.27. The number of aromatic nitrogens is 1. The van der Waals surface area contributed by atoms with Gasteiger partial charge in [0.2, 0.25) is 0 Å². The molecule has 0 unspecified atom stereocenters. The number of nitrogens with zero attached hydrogens (tertiary/aromatic N) is 1. The number of carbonyl (C=O) groups is 3. The first kappa shape index (κ1) is 29.4. The number of carboxylic acids is 1. The summed E-state index contributed by atoms with van der Waals surface area (Å²) in [5.41, 5.74) is 1.19. The molecular weight excluding hydrogens is 570 g/mol. The molecule has 1 aromatic heterocycles. The Balaban J connectivity index is 1.02. The Morgan fingerprint density at radius 2 is 1.40 bits per heavy atom. The molecule has 1 saturated carbocycles. The van der Waals surface area contributed by atoms with Crippen LogP contribution in [0.15, 0.2) is 109 Å². The summed E-state index contributed by atoms with van der Waals surface area (Å²) >= 11 is 0. The van der Waals surface area contributed by atoms with Crippen LogP contribution in [0.25, 0.3) is 10.8 Å². The second kappa shape index (κ2) is 13.3. The molecule has 1 aliphatic rings. The van der Waals surface area contributed by atoms with Gasteiger partial charge in [-0.25, -0.2) is 4.79 Å². The standard InChI is InChI=1S/C36H31N3O6/c40-34(39-33-6-2-1-5-32(33)36(42)43)23-7-13-28(14-8-23)44-30-15-9-25-21-31(16-10-24(25)20-30)45-29-17-11-27(12-18-29)38-35(41)26-4-3-19-37-22-26/h1-10,13-16,19-22,27,29H,11-12,17-18H2,(H,38,41)(H,39,40)(H,42,43). The molecule has 2 amide bonds. The molecule has 226 valence electrons. The molecule has 0 aliphatic heterocycles. The fraction of sp³-hybridized carbons (Fsp3) is 0.167. The first-order valence-corrected chi connectivity index (χ1v) is 14.7. The van der Waals surface area contributed by atoms with E-state index in [0.29, 0.717) is 22.6 Å². The van der Waals surface area contributed by atoms with Gasteiger partial charge in [-0.05, 0) is 109 Å². The maximum absolute atomic E-state index is 12.7. The van der Waals surface area contributed by atoms with Gasteiger partial charge in [0.15, 0.2) is 0 Å². The molecule has 9 heteroatoms. The highest BCUT2D eigenvalue weighted by molar-refractivity contribution is 6.07. The molecule has 1 heterocycles. The summed E-state index contributed by atoms with van der Waals surface area (Å²) in [7, 11) is 0. The van der Waals surface area contributed by atoms with Crippen LogP contribution in [0.4, 0.5) is 5.69 Å². The van der Waals surface area contributed by atoms with Crippen molar-refractivity contribution in [1.29, 1.82) is 0 Å². The van der Waals surface area contributed by atoms with Crippen LogP contribution in [0.3, 0.4) is 0 Å². The van der Waals surface area contributed by atoms with Crippen molar-refractivity contribution in [1.82, 2.24) is 10.3 Å². The number of rotatable bonds is 9. The van der Waals surface area contributed by atoms with Gasteiger partial charge in [-0.15, -0.1) is 0 Å². The molecule has 0 spiro atoms. The number of carboxylic acid groups (broad SMARTS) is 1. The minimum atomic E-state index is -1.11. The van der Waals surface area contributed by atoms with E-state index in [4.69, 9.17) is 9.47 Å². The van der Waals surface area contributed by atoms with Crippen LogP contribution in [-0.4, -0.2) is 40.0 Å². The van der Waals surface area contributed by atoms with Gasteiger partial charge in [0.1, 0.15) is 17.2 Å². The number of nitrogens with one attached hydrogen (secondary N) is 2. The van der Waals surface area contributed by atoms with Gasteiger partial charge in [0, 0.05) is 24.0 Å². The van der Waals surface area contributed by atoms with E-state index in [1.165, 1.54) is 6.07 Å². The van der Waals surface area contributed by atoms with E-state index in [0.717, 1.165) is 42.2 Å². The van der Waals surface area contributed by atoms with Crippen molar-refractivity contribution in [2.75, 3.05) is 5.32 Å². The fourth-order valence-corrected chi connectivity index (χ4v) is 5.41. The lowest BCUT2D eigenvalue weighted by Gasteiger charge is -2.29. The monoisotopic (exact) mass is 601 g/mol. The van der Waals surface area contributed by atoms with Gasteiger partial charge in [0.25, 0.3) is 11.8 Å². The van der Waals surface area contributed by atoms with E-state index in [9.17, 15) is 19.5 Å². The molecule has 4 aromatic carbocycles. The highest BCUT2D eigenvalue weighted by atomic mass is 16.5.